The molecule has 1 aromatic carbocycles. The lowest BCUT2D eigenvalue weighted by Gasteiger charge is -2.27. The fraction of sp³-hybridized carbons (Fsp3) is 0.474. The van der Waals surface area contributed by atoms with Crippen LogP contribution in [0.15, 0.2) is 29.6 Å². The number of carbonyl (C=O) groups excluding carboxylic acids is 1. The van der Waals surface area contributed by atoms with Crippen molar-refractivity contribution in [2.24, 2.45) is 0 Å². The molecule has 0 saturated heterocycles. The van der Waals surface area contributed by atoms with Gasteiger partial charge in [-0.25, -0.2) is 4.98 Å². The molecule has 1 amide bonds. The Morgan fingerprint density at radius 1 is 1.33 bits per heavy atom. The molecule has 0 fully saturated rings. The zero-order chi connectivity index (χ0) is 17.5. The molecule has 2 aromatic rings. The Bertz CT molecular complexity index is 669. The number of aryl methyl sites for hydroxylation is 1. The van der Waals surface area contributed by atoms with Crippen molar-refractivity contribution in [2.75, 3.05) is 0 Å². The van der Waals surface area contributed by atoms with Crippen molar-refractivity contribution in [3.8, 4) is 5.75 Å². The first-order chi connectivity index (χ1) is 11.5. The molecular formula is C19H26N2O2S. The van der Waals surface area contributed by atoms with Crippen molar-refractivity contribution in [1.82, 2.24) is 9.88 Å². The first kappa shape index (κ1) is 18.5. The van der Waals surface area contributed by atoms with E-state index >= 15 is 0 Å². The number of carbonyl (C=O) groups is 1. The number of para-hydroxylation sites is 1. The maximum atomic E-state index is 12.1. The van der Waals surface area contributed by atoms with Gasteiger partial charge in [0.25, 0.3) is 0 Å². The summed E-state index contributed by atoms with van der Waals surface area (Å²) >= 11 is 1.58. The van der Waals surface area contributed by atoms with E-state index < -0.39 is 0 Å². The van der Waals surface area contributed by atoms with Crippen molar-refractivity contribution in [3.63, 3.8) is 0 Å². The molecule has 1 heterocycles. The zero-order valence-corrected chi connectivity index (χ0v) is 15.7. The Morgan fingerprint density at radius 2 is 2.08 bits per heavy atom. The molecule has 0 aliphatic rings. The summed E-state index contributed by atoms with van der Waals surface area (Å²) in [7, 11) is 0. The minimum Gasteiger partial charge on any atom is -0.486 e. The van der Waals surface area contributed by atoms with Gasteiger partial charge < -0.3 is 9.64 Å². The summed E-state index contributed by atoms with van der Waals surface area (Å²) in [6.45, 7) is 9.15. The van der Waals surface area contributed by atoms with E-state index in [9.17, 15) is 4.79 Å². The molecule has 1 aromatic heterocycles. The van der Waals surface area contributed by atoms with Gasteiger partial charge in [-0.1, -0.05) is 32.0 Å². The molecule has 0 radical (unpaired) electrons. The van der Waals surface area contributed by atoms with Crippen LogP contribution in [-0.4, -0.2) is 21.8 Å². The third kappa shape index (κ3) is 4.81. The summed E-state index contributed by atoms with van der Waals surface area (Å²) < 4.78 is 5.85. The van der Waals surface area contributed by atoms with Gasteiger partial charge in [0.2, 0.25) is 5.91 Å². The molecule has 0 unspecified atom stereocenters. The molecule has 4 nitrogen and oxygen atoms in total. The number of ether oxygens (including phenoxy) is 1. The second-order valence-corrected chi connectivity index (χ2v) is 6.86. The summed E-state index contributed by atoms with van der Waals surface area (Å²) in [5, 5.41) is 2.95. The summed E-state index contributed by atoms with van der Waals surface area (Å²) in [4.78, 5) is 18.7. The molecule has 0 aliphatic heterocycles. The normalized spacial score (nSPS) is 12.0. The Labute approximate surface area is 148 Å². The van der Waals surface area contributed by atoms with Crippen molar-refractivity contribution in [2.45, 2.75) is 59.7 Å². The van der Waals surface area contributed by atoms with Gasteiger partial charge in [0, 0.05) is 17.8 Å². The molecule has 0 aliphatic carbocycles. The van der Waals surface area contributed by atoms with Gasteiger partial charge in [0.1, 0.15) is 17.4 Å². The monoisotopic (exact) mass is 346 g/mol. The van der Waals surface area contributed by atoms with Crippen LogP contribution in [0.25, 0.3) is 0 Å². The maximum absolute atomic E-state index is 12.1. The predicted molar refractivity (Wildman–Crippen MR) is 98.2 cm³/mol. The minimum absolute atomic E-state index is 0.176. The van der Waals surface area contributed by atoms with Gasteiger partial charge in [-0.3, -0.25) is 4.79 Å². The van der Waals surface area contributed by atoms with Crippen LogP contribution in [0.3, 0.4) is 0 Å². The first-order valence-corrected chi connectivity index (χ1v) is 9.34. The summed E-state index contributed by atoms with van der Waals surface area (Å²) in [6, 6.07) is 8.19. The summed E-state index contributed by atoms with van der Waals surface area (Å²) in [5.74, 6) is 1.06. The van der Waals surface area contributed by atoms with Crippen molar-refractivity contribution in [3.05, 3.63) is 45.9 Å². The second kappa shape index (κ2) is 8.83. The van der Waals surface area contributed by atoms with Crippen molar-refractivity contribution >= 4 is 17.2 Å². The predicted octanol–water partition coefficient (Wildman–Crippen LogP) is 4.57. The van der Waals surface area contributed by atoms with Crippen LogP contribution in [0.1, 0.15) is 49.9 Å². The van der Waals surface area contributed by atoms with E-state index in [-0.39, 0.29) is 11.9 Å². The third-order valence-electron chi connectivity index (χ3n) is 4.12. The SMILES string of the molecule is CCC(=O)N(Cc1csc(COc2ccccc2C)n1)[C@@H](C)CC. The molecule has 0 bridgehead atoms. The smallest absolute Gasteiger partial charge is 0.222 e. The van der Waals surface area contributed by atoms with Crippen molar-refractivity contribution < 1.29 is 9.53 Å². The number of hydrogen-bond donors (Lipinski definition) is 0. The molecular weight excluding hydrogens is 320 g/mol. The lowest BCUT2D eigenvalue weighted by molar-refractivity contribution is -0.133. The Hall–Kier alpha value is -1.88. The van der Waals surface area contributed by atoms with E-state index in [2.05, 4.69) is 18.8 Å². The average molecular weight is 346 g/mol. The van der Waals surface area contributed by atoms with E-state index in [1.807, 2.05) is 48.4 Å². The lowest BCUT2D eigenvalue weighted by atomic mass is 10.2. The fourth-order valence-electron chi connectivity index (χ4n) is 2.43. The van der Waals surface area contributed by atoms with Crippen molar-refractivity contribution in [1.29, 1.82) is 0 Å². The number of hydrogen-bond acceptors (Lipinski definition) is 4. The van der Waals surface area contributed by atoms with Gasteiger partial charge in [0.05, 0.1) is 12.2 Å². The highest BCUT2D eigenvalue weighted by atomic mass is 32.1. The number of benzene rings is 1. The molecule has 130 valence electrons. The Kier molecular flexibility index (Phi) is 6.79. The van der Waals surface area contributed by atoms with Gasteiger partial charge in [-0.2, -0.15) is 0 Å². The number of aromatic nitrogens is 1. The van der Waals surface area contributed by atoms with Crippen LogP contribution >= 0.6 is 11.3 Å². The number of thiazole rings is 1. The van der Waals surface area contributed by atoms with Gasteiger partial charge in [-0.15, -0.1) is 11.3 Å². The second-order valence-electron chi connectivity index (χ2n) is 5.92. The highest BCUT2D eigenvalue weighted by Gasteiger charge is 2.19. The molecule has 24 heavy (non-hydrogen) atoms. The van der Waals surface area contributed by atoms with Crippen LogP contribution < -0.4 is 4.74 Å². The van der Waals surface area contributed by atoms with Crippen LogP contribution in [0.5, 0.6) is 5.75 Å². The number of nitrogens with zero attached hydrogens (tertiary/aromatic N) is 2. The van der Waals surface area contributed by atoms with E-state index in [1.54, 1.807) is 11.3 Å². The zero-order valence-electron chi connectivity index (χ0n) is 14.9. The topological polar surface area (TPSA) is 42.4 Å². The summed E-state index contributed by atoms with van der Waals surface area (Å²) in [6.07, 6.45) is 1.47. The first-order valence-electron chi connectivity index (χ1n) is 8.46. The molecule has 0 saturated carbocycles. The maximum Gasteiger partial charge on any atom is 0.222 e. The molecule has 1 atom stereocenters. The Morgan fingerprint density at radius 3 is 2.75 bits per heavy atom. The third-order valence-corrected chi connectivity index (χ3v) is 4.99. The summed E-state index contributed by atoms with van der Waals surface area (Å²) in [5.41, 5.74) is 2.05. The van der Waals surface area contributed by atoms with E-state index in [0.717, 1.165) is 28.4 Å². The molecule has 0 spiro atoms. The highest BCUT2D eigenvalue weighted by molar-refractivity contribution is 7.09. The minimum atomic E-state index is 0.176. The van der Waals surface area contributed by atoms with Crippen LogP contribution in [0.2, 0.25) is 0 Å². The van der Waals surface area contributed by atoms with Crippen LogP contribution in [0.4, 0.5) is 0 Å². The number of amides is 1. The van der Waals surface area contributed by atoms with Crippen LogP contribution in [0, 0.1) is 6.92 Å². The van der Waals surface area contributed by atoms with E-state index in [0.29, 0.717) is 19.6 Å². The molecule has 0 N–H and O–H groups in total. The fourth-order valence-corrected chi connectivity index (χ4v) is 3.13. The molecule has 2 rings (SSSR count). The number of rotatable bonds is 8. The average Bonchev–Trinajstić information content (AvgIpc) is 3.05. The Balaban J connectivity index is 1.99. The van der Waals surface area contributed by atoms with Crippen LogP contribution in [-0.2, 0) is 17.9 Å². The standard InChI is InChI=1S/C19H26N2O2S/c1-5-15(4)21(19(22)6-2)11-16-13-24-18(20-16)12-23-17-10-8-7-9-14(17)3/h7-10,13,15H,5-6,11-12H2,1-4H3/t15-/m0/s1. The van der Waals surface area contributed by atoms with Gasteiger partial charge >= 0.3 is 0 Å². The van der Waals surface area contributed by atoms with E-state index in [4.69, 9.17) is 4.74 Å². The van der Waals surface area contributed by atoms with E-state index in [1.165, 1.54) is 0 Å². The van der Waals surface area contributed by atoms with Gasteiger partial charge in [-0.05, 0) is 31.9 Å². The molecule has 5 heteroatoms. The highest BCUT2D eigenvalue weighted by Crippen LogP contribution is 2.20. The van der Waals surface area contributed by atoms with Gasteiger partial charge in [0.15, 0.2) is 0 Å². The lowest BCUT2D eigenvalue weighted by Crippen LogP contribution is -2.37. The largest absolute Gasteiger partial charge is 0.486 e. The quantitative estimate of drug-likeness (QED) is 0.703.